The highest BCUT2D eigenvalue weighted by atomic mass is 16.5. The van der Waals surface area contributed by atoms with Crippen molar-refractivity contribution in [2.45, 2.75) is 19.4 Å². The third-order valence-electron chi connectivity index (χ3n) is 4.94. The molecule has 0 aliphatic carbocycles. The number of anilines is 1. The van der Waals surface area contributed by atoms with Crippen molar-refractivity contribution in [2.24, 2.45) is 5.92 Å². The van der Waals surface area contributed by atoms with Crippen LogP contribution >= 0.6 is 0 Å². The molecule has 27 heavy (non-hydrogen) atoms. The third-order valence-corrected chi connectivity index (χ3v) is 4.94. The Hall–Kier alpha value is -3.02. The molecule has 2 aromatic carbocycles. The lowest BCUT2D eigenvalue weighted by Crippen LogP contribution is -2.30. The average Bonchev–Trinajstić information content (AvgIpc) is 3.09. The van der Waals surface area contributed by atoms with E-state index in [0.717, 1.165) is 5.56 Å². The molecule has 2 amide bonds. The predicted octanol–water partition coefficient (Wildman–Crippen LogP) is 3.25. The molecule has 1 fully saturated rings. The van der Waals surface area contributed by atoms with E-state index in [0.29, 0.717) is 23.7 Å². The highest BCUT2D eigenvalue weighted by Crippen LogP contribution is 2.32. The van der Waals surface area contributed by atoms with E-state index >= 15 is 0 Å². The first-order valence-electron chi connectivity index (χ1n) is 8.90. The molecule has 142 valence electrons. The van der Waals surface area contributed by atoms with Crippen LogP contribution in [0.3, 0.4) is 0 Å². The number of amides is 2. The maximum absolute atomic E-state index is 12.7. The molecular formula is C21H24N2O4. The van der Waals surface area contributed by atoms with Gasteiger partial charge < -0.3 is 19.7 Å². The molecule has 2 aromatic rings. The SMILES string of the molecule is COc1ccc(OC)c(NC(=O)[C@H]2CC(=O)N([C@H](C)c3ccccc3)C2)c1. The van der Waals surface area contributed by atoms with Gasteiger partial charge in [-0.25, -0.2) is 0 Å². The Morgan fingerprint density at radius 2 is 1.89 bits per heavy atom. The van der Waals surface area contributed by atoms with E-state index in [4.69, 9.17) is 9.47 Å². The van der Waals surface area contributed by atoms with Crippen LogP contribution in [0.4, 0.5) is 5.69 Å². The van der Waals surface area contributed by atoms with E-state index in [1.165, 1.54) is 0 Å². The van der Waals surface area contributed by atoms with Crippen LogP contribution in [0.15, 0.2) is 48.5 Å². The summed E-state index contributed by atoms with van der Waals surface area (Å²) in [4.78, 5) is 27.0. The monoisotopic (exact) mass is 368 g/mol. The molecule has 2 atom stereocenters. The first kappa shape index (κ1) is 18.8. The Morgan fingerprint density at radius 3 is 2.56 bits per heavy atom. The summed E-state index contributed by atoms with van der Waals surface area (Å²) in [5.41, 5.74) is 1.59. The predicted molar refractivity (Wildman–Crippen MR) is 103 cm³/mol. The van der Waals surface area contributed by atoms with Crippen LogP contribution in [0.2, 0.25) is 0 Å². The van der Waals surface area contributed by atoms with E-state index < -0.39 is 5.92 Å². The van der Waals surface area contributed by atoms with Crippen LogP contribution in [0.1, 0.15) is 24.9 Å². The minimum absolute atomic E-state index is 0.0101. The first-order chi connectivity index (χ1) is 13.0. The molecular weight excluding hydrogens is 344 g/mol. The number of likely N-dealkylation sites (tertiary alicyclic amines) is 1. The minimum Gasteiger partial charge on any atom is -0.497 e. The molecule has 1 N–H and O–H groups in total. The van der Waals surface area contributed by atoms with Crippen LogP contribution in [0, 0.1) is 5.92 Å². The summed E-state index contributed by atoms with van der Waals surface area (Å²) in [5, 5.41) is 2.88. The number of methoxy groups -OCH3 is 2. The van der Waals surface area contributed by atoms with Crippen molar-refractivity contribution >= 4 is 17.5 Å². The molecule has 1 aliphatic rings. The summed E-state index contributed by atoms with van der Waals surface area (Å²) in [5.74, 6) is 0.553. The van der Waals surface area contributed by atoms with E-state index in [-0.39, 0.29) is 24.3 Å². The van der Waals surface area contributed by atoms with Gasteiger partial charge in [-0.15, -0.1) is 0 Å². The Kier molecular flexibility index (Phi) is 5.64. The molecule has 0 bridgehead atoms. The average molecular weight is 368 g/mol. The number of hydrogen-bond acceptors (Lipinski definition) is 4. The van der Waals surface area contributed by atoms with Gasteiger partial charge in [0.25, 0.3) is 0 Å². The van der Waals surface area contributed by atoms with Crippen molar-refractivity contribution < 1.29 is 19.1 Å². The molecule has 1 aliphatic heterocycles. The number of rotatable bonds is 6. The number of ether oxygens (including phenoxy) is 2. The van der Waals surface area contributed by atoms with Gasteiger partial charge in [0.15, 0.2) is 0 Å². The molecule has 0 saturated carbocycles. The molecule has 1 saturated heterocycles. The van der Waals surface area contributed by atoms with E-state index in [1.807, 2.05) is 37.3 Å². The summed E-state index contributed by atoms with van der Waals surface area (Å²) in [7, 11) is 3.10. The van der Waals surface area contributed by atoms with E-state index in [9.17, 15) is 9.59 Å². The maximum Gasteiger partial charge on any atom is 0.229 e. The van der Waals surface area contributed by atoms with Gasteiger partial charge in [0.05, 0.1) is 31.9 Å². The zero-order chi connectivity index (χ0) is 19.4. The number of benzene rings is 2. The topological polar surface area (TPSA) is 67.9 Å². The summed E-state index contributed by atoms with van der Waals surface area (Å²) in [6.07, 6.45) is 0.204. The van der Waals surface area contributed by atoms with Gasteiger partial charge >= 0.3 is 0 Å². The van der Waals surface area contributed by atoms with Crippen molar-refractivity contribution in [3.05, 3.63) is 54.1 Å². The van der Waals surface area contributed by atoms with Crippen LogP contribution in [-0.2, 0) is 9.59 Å². The first-order valence-corrected chi connectivity index (χ1v) is 8.90. The van der Waals surface area contributed by atoms with Crippen LogP contribution in [0.25, 0.3) is 0 Å². The highest BCUT2D eigenvalue weighted by Gasteiger charge is 2.37. The van der Waals surface area contributed by atoms with Gasteiger partial charge in [0, 0.05) is 19.0 Å². The molecule has 6 heteroatoms. The molecule has 0 spiro atoms. The quantitative estimate of drug-likeness (QED) is 0.850. The second-order valence-electron chi connectivity index (χ2n) is 6.59. The fourth-order valence-electron chi connectivity index (χ4n) is 3.34. The Morgan fingerprint density at radius 1 is 1.15 bits per heavy atom. The van der Waals surface area contributed by atoms with Crippen molar-refractivity contribution in [3.63, 3.8) is 0 Å². The molecule has 3 rings (SSSR count). The van der Waals surface area contributed by atoms with Crippen molar-refractivity contribution in [2.75, 3.05) is 26.1 Å². The van der Waals surface area contributed by atoms with Crippen molar-refractivity contribution in [1.82, 2.24) is 4.90 Å². The highest BCUT2D eigenvalue weighted by molar-refractivity contribution is 5.98. The largest absolute Gasteiger partial charge is 0.497 e. The summed E-state index contributed by atoms with van der Waals surface area (Å²) >= 11 is 0. The lowest BCUT2D eigenvalue weighted by molar-refractivity contribution is -0.129. The Labute approximate surface area is 159 Å². The number of carbonyl (C=O) groups excluding carboxylic acids is 2. The molecule has 0 unspecified atom stereocenters. The van der Waals surface area contributed by atoms with Crippen molar-refractivity contribution in [3.8, 4) is 11.5 Å². The van der Waals surface area contributed by atoms with Gasteiger partial charge in [0.1, 0.15) is 11.5 Å². The lowest BCUT2D eigenvalue weighted by Gasteiger charge is -2.25. The molecule has 1 heterocycles. The van der Waals surface area contributed by atoms with E-state index in [2.05, 4.69) is 5.32 Å². The zero-order valence-electron chi connectivity index (χ0n) is 15.8. The number of nitrogens with zero attached hydrogens (tertiary/aromatic N) is 1. The van der Waals surface area contributed by atoms with Crippen molar-refractivity contribution in [1.29, 1.82) is 0 Å². The van der Waals surface area contributed by atoms with Gasteiger partial charge in [-0.2, -0.15) is 0 Å². The summed E-state index contributed by atoms with van der Waals surface area (Å²) < 4.78 is 10.5. The smallest absolute Gasteiger partial charge is 0.229 e. The van der Waals surface area contributed by atoms with E-state index in [1.54, 1.807) is 37.3 Å². The fraction of sp³-hybridized carbons (Fsp3) is 0.333. The van der Waals surface area contributed by atoms with Gasteiger partial charge in [-0.05, 0) is 24.6 Å². The molecule has 6 nitrogen and oxygen atoms in total. The standard InChI is InChI=1S/C21H24N2O4/c1-14(15-7-5-4-6-8-15)23-13-16(11-20(23)24)21(25)22-18-12-17(26-2)9-10-19(18)27-3/h4-10,12,14,16H,11,13H2,1-3H3,(H,22,25)/t14-,16+/m1/s1. The maximum atomic E-state index is 12.7. The Bertz CT molecular complexity index is 822. The van der Waals surface area contributed by atoms with Crippen LogP contribution in [0.5, 0.6) is 11.5 Å². The number of hydrogen-bond donors (Lipinski definition) is 1. The number of nitrogens with one attached hydrogen (secondary N) is 1. The zero-order valence-corrected chi connectivity index (χ0v) is 15.8. The lowest BCUT2D eigenvalue weighted by atomic mass is 10.1. The summed E-state index contributed by atoms with van der Waals surface area (Å²) in [6, 6.07) is 15.0. The van der Waals surface area contributed by atoms with Gasteiger partial charge in [0.2, 0.25) is 11.8 Å². The van der Waals surface area contributed by atoms with Gasteiger partial charge in [-0.1, -0.05) is 30.3 Å². The third kappa shape index (κ3) is 4.05. The number of carbonyl (C=O) groups is 2. The second-order valence-corrected chi connectivity index (χ2v) is 6.59. The van der Waals surface area contributed by atoms with Crippen LogP contribution in [-0.4, -0.2) is 37.5 Å². The molecule has 0 radical (unpaired) electrons. The van der Waals surface area contributed by atoms with Gasteiger partial charge in [-0.3, -0.25) is 9.59 Å². The minimum atomic E-state index is -0.403. The van der Waals surface area contributed by atoms with Crippen LogP contribution < -0.4 is 14.8 Å². The normalized spacial score (nSPS) is 17.5. The summed E-state index contributed by atoms with van der Waals surface area (Å²) in [6.45, 7) is 2.38. The Balaban J connectivity index is 1.71. The fourth-order valence-corrected chi connectivity index (χ4v) is 3.34. The molecule has 0 aromatic heterocycles. The second kappa shape index (κ2) is 8.12.